The number of hydrogen-bond donors (Lipinski definition) is 1. The van der Waals surface area contributed by atoms with E-state index in [4.69, 9.17) is 16.3 Å². The van der Waals surface area contributed by atoms with E-state index in [1.807, 2.05) is 0 Å². The maximum absolute atomic E-state index is 13.7. The normalized spacial score (nSPS) is 11.5. The molecule has 0 aliphatic rings. The predicted octanol–water partition coefficient (Wildman–Crippen LogP) is 4.72. The van der Waals surface area contributed by atoms with Crippen molar-refractivity contribution in [1.29, 1.82) is 0 Å². The molecule has 0 bridgehead atoms. The number of ether oxygens (including phenoxy) is 1. The second-order valence-electron chi connectivity index (χ2n) is 6.34. The molecule has 158 valence electrons. The number of rotatable bonds is 4. The Morgan fingerprint density at radius 2 is 1.84 bits per heavy atom. The predicted molar refractivity (Wildman–Crippen MR) is 107 cm³/mol. The van der Waals surface area contributed by atoms with E-state index in [2.05, 4.69) is 20.4 Å². The molecule has 0 fully saturated rings. The molecular formula is C20H13ClF3N5O2. The summed E-state index contributed by atoms with van der Waals surface area (Å²) in [5.41, 5.74) is -0.375. The fraction of sp³-hybridized carbons (Fsp3) is 0.100. The number of halogens is 4. The number of carbonyl (C=O) groups excluding carboxylic acids is 1. The van der Waals surface area contributed by atoms with E-state index in [0.717, 1.165) is 6.07 Å². The van der Waals surface area contributed by atoms with Crippen molar-refractivity contribution in [2.75, 3.05) is 12.4 Å². The minimum absolute atomic E-state index is 0.0521. The highest BCUT2D eigenvalue weighted by molar-refractivity contribution is 6.31. The van der Waals surface area contributed by atoms with E-state index in [0.29, 0.717) is 20.9 Å². The van der Waals surface area contributed by atoms with Crippen LogP contribution in [0.2, 0.25) is 5.02 Å². The van der Waals surface area contributed by atoms with Crippen molar-refractivity contribution in [3.8, 4) is 17.0 Å². The average molecular weight is 448 g/mol. The molecule has 4 aromatic rings. The molecule has 0 aliphatic heterocycles. The molecule has 0 atom stereocenters. The Labute approximate surface area is 178 Å². The lowest BCUT2D eigenvalue weighted by atomic mass is 10.1. The topological polar surface area (TPSA) is 81.4 Å². The maximum Gasteiger partial charge on any atom is 0.433 e. The Kier molecular flexibility index (Phi) is 5.24. The molecule has 1 N–H and O–H groups in total. The summed E-state index contributed by atoms with van der Waals surface area (Å²) in [6.07, 6.45) is -4.75. The molecule has 2 aromatic heterocycles. The molecule has 0 saturated heterocycles. The van der Waals surface area contributed by atoms with E-state index < -0.39 is 23.6 Å². The zero-order chi connectivity index (χ0) is 22.2. The van der Waals surface area contributed by atoms with Crippen LogP contribution in [0.1, 0.15) is 16.3 Å². The van der Waals surface area contributed by atoms with Gasteiger partial charge in [-0.15, -0.1) is 5.10 Å². The van der Waals surface area contributed by atoms with Crippen LogP contribution in [-0.2, 0) is 6.18 Å². The molecule has 31 heavy (non-hydrogen) atoms. The first-order chi connectivity index (χ1) is 14.8. The number of nitrogens with zero attached hydrogens (tertiary/aromatic N) is 4. The highest BCUT2D eigenvalue weighted by atomic mass is 35.5. The smallest absolute Gasteiger partial charge is 0.433 e. The molecule has 2 aromatic carbocycles. The van der Waals surface area contributed by atoms with Gasteiger partial charge in [0.2, 0.25) is 5.82 Å². The Morgan fingerprint density at radius 3 is 2.52 bits per heavy atom. The Bertz CT molecular complexity index is 1280. The van der Waals surface area contributed by atoms with Crippen LogP contribution in [-0.4, -0.2) is 32.6 Å². The monoisotopic (exact) mass is 447 g/mol. The highest BCUT2D eigenvalue weighted by Crippen LogP contribution is 2.32. The summed E-state index contributed by atoms with van der Waals surface area (Å²) in [6, 6.07) is 13.7. The lowest BCUT2D eigenvalue weighted by Crippen LogP contribution is -2.16. The van der Waals surface area contributed by atoms with Gasteiger partial charge in [-0.05, 0) is 24.3 Å². The third-order valence-corrected chi connectivity index (χ3v) is 4.52. The van der Waals surface area contributed by atoms with E-state index in [9.17, 15) is 18.0 Å². The Hall–Kier alpha value is -3.66. The fourth-order valence-electron chi connectivity index (χ4n) is 2.88. The minimum atomic E-state index is -4.75. The van der Waals surface area contributed by atoms with Crippen LogP contribution < -0.4 is 10.1 Å². The molecule has 7 nitrogen and oxygen atoms in total. The summed E-state index contributed by atoms with van der Waals surface area (Å²) in [6.45, 7) is 0. The summed E-state index contributed by atoms with van der Waals surface area (Å²) in [4.78, 5) is 20.7. The number of hydrogen-bond acceptors (Lipinski definition) is 5. The van der Waals surface area contributed by atoms with Crippen molar-refractivity contribution in [3.05, 3.63) is 71.1 Å². The summed E-state index contributed by atoms with van der Waals surface area (Å²) in [5, 5.41) is 6.54. The zero-order valence-electron chi connectivity index (χ0n) is 15.8. The molecular weight excluding hydrogens is 435 g/mol. The van der Waals surface area contributed by atoms with E-state index in [1.54, 1.807) is 36.4 Å². The van der Waals surface area contributed by atoms with Gasteiger partial charge in [0.1, 0.15) is 5.75 Å². The Balaban J connectivity index is 1.78. The molecule has 0 saturated carbocycles. The first kappa shape index (κ1) is 20.6. The minimum Gasteiger partial charge on any atom is -0.495 e. The molecule has 2 heterocycles. The van der Waals surface area contributed by atoms with Gasteiger partial charge in [-0.3, -0.25) is 4.79 Å². The van der Waals surface area contributed by atoms with E-state index >= 15 is 0 Å². The molecule has 0 radical (unpaired) electrons. The van der Waals surface area contributed by atoms with Crippen molar-refractivity contribution in [3.63, 3.8) is 0 Å². The lowest BCUT2D eigenvalue weighted by molar-refractivity contribution is -0.142. The molecule has 1 amide bonds. The van der Waals surface area contributed by atoms with Gasteiger partial charge in [0.25, 0.3) is 11.7 Å². The number of alkyl halides is 3. The quantitative estimate of drug-likeness (QED) is 0.489. The molecule has 4 rings (SSSR count). The van der Waals surface area contributed by atoms with Crippen LogP contribution in [0.25, 0.3) is 17.0 Å². The molecule has 0 aliphatic carbocycles. The van der Waals surface area contributed by atoms with Crippen molar-refractivity contribution < 1.29 is 22.7 Å². The number of nitrogens with one attached hydrogen (secondary N) is 1. The number of aromatic nitrogens is 4. The van der Waals surface area contributed by atoms with Crippen LogP contribution in [0.5, 0.6) is 5.75 Å². The van der Waals surface area contributed by atoms with Gasteiger partial charge in [0.15, 0.2) is 5.69 Å². The molecule has 0 unspecified atom stereocenters. The summed E-state index contributed by atoms with van der Waals surface area (Å²) in [5.74, 6) is -1.40. The van der Waals surface area contributed by atoms with Gasteiger partial charge < -0.3 is 10.1 Å². The average Bonchev–Trinajstić information content (AvgIpc) is 3.17. The number of amides is 1. The first-order valence-corrected chi connectivity index (χ1v) is 9.19. The number of methoxy groups -OCH3 is 1. The van der Waals surface area contributed by atoms with Gasteiger partial charge in [-0.1, -0.05) is 41.9 Å². The third kappa shape index (κ3) is 4.15. The third-order valence-electron chi connectivity index (χ3n) is 4.28. The number of benzene rings is 2. The summed E-state index contributed by atoms with van der Waals surface area (Å²) in [7, 11) is 1.40. The largest absolute Gasteiger partial charge is 0.495 e. The first-order valence-electron chi connectivity index (χ1n) is 8.81. The van der Waals surface area contributed by atoms with Crippen LogP contribution >= 0.6 is 11.6 Å². The van der Waals surface area contributed by atoms with Crippen molar-refractivity contribution in [2.45, 2.75) is 6.18 Å². The lowest BCUT2D eigenvalue weighted by Gasteiger charge is -2.10. The fourth-order valence-corrected chi connectivity index (χ4v) is 3.05. The molecule has 11 heteroatoms. The summed E-state index contributed by atoms with van der Waals surface area (Å²) >= 11 is 5.94. The van der Waals surface area contributed by atoms with E-state index in [1.165, 1.54) is 19.2 Å². The van der Waals surface area contributed by atoms with Crippen molar-refractivity contribution in [1.82, 2.24) is 19.6 Å². The second kappa shape index (κ2) is 7.88. The SMILES string of the molecule is COc1ccc(Cl)cc1NC(=O)c1nc2nc(-c3ccccc3)cc(C(F)(F)F)n2n1. The van der Waals surface area contributed by atoms with Crippen LogP contribution in [0.15, 0.2) is 54.6 Å². The maximum atomic E-state index is 13.7. The second-order valence-corrected chi connectivity index (χ2v) is 6.77. The van der Waals surface area contributed by atoms with Gasteiger partial charge in [-0.25, -0.2) is 4.98 Å². The van der Waals surface area contributed by atoms with Gasteiger partial charge in [-0.2, -0.15) is 22.7 Å². The molecule has 0 spiro atoms. The van der Waals surface area contributed by atoms with Crippen molar-refractivity contribution >= 4 is 29.0 Å². The zero-order valence-corrected chi connectivity index (χ0v) is 16.6. The standard InChI is InChI=1S/C20H13ClF3N5O2/c1-31-15-8-7-12(21)9-14(15)25-18(30)17-27-19-26-13(11-5-3-2-4-6-11)10-16(20(22,23)24)29(19)28-17/h2-10H,1H3,(H,25,30). The highest BCUT2D eigenvalue weighted by Gasteiger charge is 2.36. The summed E-state index contributed by atoms with van der Waals surface area (Å²) < 4.78 is 46.6. The van der Waals surface area contributed by atoms with E-state index in [-0.39, 0.29) is 17.2 Å². The number of carbonyl (C=O) groups is 1. The Morgan fingerprint density at radius 1 is 1.10 bits per heavy atom. The number of fused-ring (bicyclic) bond motifs is 1. The van der Waals surface area contributed by atoms with Crippen LogP contribution in [0.3, 0.4) is 0 Å². The van der Waals surface area contributed by atoms with Crippen molar-refractivity contribution in [2.24, 2.45) is 0 Å². The van der Waals surface area contributed by atoms with Gasteiger partial charge >= 0.3 is 6.18 Å². The van der Waals surface area contributed by atoms with Crippen LogP contribution in [0, 0.1) is 0 Å². The number of anilines is 1. The van der Waals surface area contributed by atoms with Gasteiger partial charge in [0, 0.05) is 10.6 Å². The van der Waals surface area contributed by atoms with Gasteiger partial charge in [0.05, 0.1) is 18.5 Å². The van der Waals surface area contributed by atoms with Crippen LogP contribution in [0.4, 0.5) is 18.9 Å².